The van der Waals surface area contributed by atoms with E-state index >= 15 is 0 Å². The van der Waals surface area contributed by atoms with Crippen molar-refractivity contribution < 1.29 is 38.1 Å². The molecule has 1 aromatic carbocycles. The molecule has 0 radical (unpaired) electrons. The van der Waals surface area contributed by atoms with E-state index in [-0.39, 0.29) is 23.3 Å². The molecule has 1 spiro atoms. The van der Waals surface area contributed by atoms with Gasteiger partial charge in [-0.15, -0.1) is 0 Å². The molecule has 2 aliphatic heterocycles. The van der Waals surface area contributed by atoms with Gasteiger partial charge in [0.2, 0.25) is 5.28 Å². The van der Waals surface area contributed by atoms with Crippen LogP contribution in [0, 0.1) is 5.41 Å². The number of Topliss-reactive ketones (excluding diaryl/α,β-unsaturated/α-hetero) is 1. The van der Waals surface area contributed by atoms with Crippen LogP contribution in [0.5, 0.6) is 0 Å². The molecule has 6 rings (SSSR count). The summed E-state index contributed by atoms with van der Waals surface area (Å²) in [5.41, 5.74) is 1.92. The summed E-state index contributed by atoms with van der Waals surface area (Å²) in [6.45, 7) is 4.28. The van der Waals surface area contributed by atoms with Crippen molar-refractivity contribution in [3.05, 3.63) is 47.0 Å². The lowest BCUT2D eigenvalue weighted by atomic mass is 9.76. The summed E-state index contributed by atoms with van der Waals surface area (Å²) in [4.78, 5) is 63.9. The average molecular weight is 584 g/mol. The third kappa shape index (κ3) is 4.68. The fourth-order valence-electron chi connectivity index (χ4n) is 5.92. The summed E-state index contributed by atoms with van der Waals surface area (Å²) < 4.78 is 23.7. The number of aromatic nitrogens is 4. The number of carbonyl (C=O) groups is 4. The highest BCUT2D eigenvalue weighted by molar-refractivity contribution is 6.28. The Morgan fingerprint density at radius 1 is 1.05 bits per heavy atom. The van der Waals surface area contributed by atoms with Crippen LogP contribution in [-0.4, -0.2) is 81.2 Å². The van der Waals surface area contributed by atoms with Crippen molar-refractivity contribution in [2.75, 3.05) is 24.6 Å². The zero-order valence-corrected chi connectivity index (χ0v) is 23.2. The Morgan fingerprint density at radius 3 is 2.44 bits per heavy atom. The van der Waals surface area contributed by atoms with E-state index in [2.05, 4.69) is 15.0 Å². The number of halogens is 1. The van der Waals surface area contributed by atoms with Crippen LogP contribution in [-0.2, 0) is 39.8 Å². The molecule has 2 aromatic heterocycles. The highest BCUT2D eigenvalue weighted by Gasteiger charge is 2.55. The van der Waals surface area contributed by atoms with E-state index in [1.165, 1.54) is 31.7 Å². The lowest BCUT2D eigenvalue weighted by Crippen LogP contribution is -2.60. The van der Waals surface area contributed by atoms with E-state index in [0.29, 0.717) is 30.8 Å². The van der Waals surface area contributed by atoms with Gasteiger partial charge in [-0.25, -0.2) is 4.98 Å². The second-order valence-electron chi connectivity index (χ2n) is 10.5. The third-order valence-electron chi connectivity index (χ3n) is 7.55. The molecule has 14 heteroatoms. The van der Waals surface area contributed by atoms with E-state index in [9.17, 15) is 19.2 Å². The van der Waals surface area contributed by atoms with E-state index in [4.69, 9.17) is 30.5 Å². The fraction of sp³-hybridized carbons (Fsp3) is 0.444. The fourth-order valence-corrected chi connectivity index (χ4v) is 6.08. The van der Waals surface area contributed by atoms with Crippen molar-refractivity contribution in [1.82, 2.24) is 19.5 Å². The molecule has 2 fully saturated rings. The lowest BCUT2D eigenvalue weighted by molar-refractivity contribution is -0.166. The van der Waals surface area contributed by atoms with Crippen LogP contribution in [0.15, 0.2) is 30.6 Å². The number of esters is 3. The van der Waals surface area contributed by atoms with Gasteiger partial charge < -0.3 is 23.8 Å². The van der Waals surface area contributed by atoms with Crippen molar-refractivity contribution in [1.29, 1.82) is 0 Å². The smallest absolute Gasteiger partial charge is 0.303 e. The molecule has 1 aliphatic carbocycles. The molecule has 0 saturated carbocycles. The maximum absolute atomic E-state index is 13.2. The normalized spacial score (nSPS) is 24.3. The lowest BCUT2D eigenvalue weighted by Gasteiger charge is -2.47. The highest BCUT2D eigenvalue weighted by atomic mass is 35.5. The van der Waals surface area contributed by atoms with Gasteiger partial charge in [0.05, 0.1) is 11.7 Å². The van der Waals surface area contributed by atoms with Gasteiger partial charge in [-0.3, -0.25) is 23.7 Å². The number of hydrogen-bond donors (Lipinski definition) is 0. The number of nitrogens with zero attached hydrogens (tertiary/aromatic N) is 5. The van der Waals surface area contributed by atoms with Gasteiger partial charge in [0.15, 0.2) is 41.2 Å². The first-order valence-corrected chi connectivity index (χ1v) is 13.3. The molecule has 4 atom stereocenters. The van der Waals surface area contributed by atoms with Crippen molar-refractivity contribution in [2.45, 2.75) is 51.7 Å². The Kier molecular flexibility index (Phi) is 6.65. The van der Waals surface area contributed by atoms with Crippen LogP contribution in [0.1, 0.15) is 42.9 Å². The summed E-state index contributed by atoms with van der Waals surface area (Å²) >= 11 is 6.36. The molecular formula is C27H26ClN5O8. The summed E-state index contributed by atoms with van der Waals surface area (Å²) in [6.07, 6.45) is -2.12. The van der Waals surface area contributed by atoms with Gasteiger partial charge in [-0.05, 0) is 23.6 Å². The zero-order chi connectivity index (χ0) is 29.1. The first-order valence-electron chi connectivity index (χ1n) is 13.0. The Balaban J connectivity index is 1.32. The molecule has 0 bridgehead atoms. The Morgan fingerprint density at radius 2 is 1.76 bits per heavy atom. The van der Waals surface area contributed by atoms with Gasteiger partial charge in [0.25, 0.3) is 0 Å². The summed E-state index contributed by atoms with van der Waals surface area (Å²) in [5, 5.41) is -0.0636. The monoisotopic (exact) mass is 583 g/mol. The van der Waals surface area contributed by atoms with Gasteiger partial charge in [0, 0.05) is 39.4 Å². The van der Waals surface area contributed by atoms with Crippen LogP contribution in [0.25, 0.3) is 11.2 Å². The predicted molar refractivity (Wildman–Crippen MR) is 141 cm³/mol. The molecule has 0 amide bonds. The predicted octanol–water partition coefficient (Wildman–Crippen LogP) is 2.05. The van der Waals surface area contributed by atoms with Crippen LogP contribution >= 0.6 is 11.6 Å². The molecule has 41 heavy (non-hydrogen) atoms. The van der Waals surface area contributed by atoms with Gasteiger partial charge in [-0.1, -0.05) is 24.3 Å². The molecule has 2 saturated heterocycles. The van der Waals surface area contributed by atoms with E-state index in [1.807, 2.05) is 29.2 Å². The molecule has 3 aliphatic rings. The number of hydrogen-bond acceptors (Lipinski definition) is 12. The zero-order valence-electron chi connectivity index (χ0n) is 22.4. The first-order chi connectivity index (χ1) is 19.6. The van der Waals surface area contributed by atoms with Crippen LogP contribution in [0.2, 0.25) is 5.28 Å². The molecule has 13 nitrogen and oxygen atoms in total. The number of imidazole rings is 1. The highest BCUT2D eigenvalue weighted by Crippen LogP contribution is 2.46. The molecule has 3 aromatic rings. The molecule has 1 unspecified atom stereocenters. The maximum Gasteiger partial charge on any atom is 0.303 e. The van der Waals surface area contributed by atoms with Crippen LogP contribution in [0.4, 0.5) is 5.82 Å². The van der Waals surface area contributed by atoms with E-state index in [0.717, 1.165) is 11.1 Å². The minimum absolute atomic E-state index is 0.0636. The summed E-state index contributed by atoms with van der Waals surface area (Å²) in [7, 11) is 0. The van der Waals surface area contributed by atoms with Crippen LogP contribution < -0.4 is 4.90 Å². The second-order valence-corrected chi connectivity index (χ2v) is 10.8. The molecule has 0 N–H and O–H groups in total. The summed E-state index contributed by atoms with van der Waals surface area (Å²) in [6, 6.07) is 7.63. The van der Waals surface area contributed by atoms with Crippen molar-refractivity contribution in [3.63, 3.8) is 0 Å². The quantitative estimate of drug-likeness (QED) is 0.237. The number of ether oxygens (including phenoxy) is 4. The third-order valence-corrected chi connectivity index (χ3v) is 7.72. The number of benzene rings is 1. The average Bonchev–Trinajstić information content (AvgIpc) is 3.53. The van der Waals surface area contributed by atoms with E-state index < -0.39 is 47.9 Å². The topological polar surface area (TPSA) is 152 Å². The number of ketones is 1. The number of rotatable bonds is 6. The first kappa shape index (κ1) is 27.1. The van der Waals surface area contributed by atoms with Gasteiger partial charge in [0.1, 0.15) is 12.7 Å². The number of fused-ring (bicyclic) bond motifs is 2. The van der Waals surface area contributed by atoms with Crippen LogP contribution in [0.3, 0.4) is 0 Å². The Hall–Kier alpha value is -4.10. The SMILES string of the molecule is CC(=O)OC[C@H]1O[C@@H](n2cnc3c(N4CC5(Cc6ccccc6C5=O)C4)nc(Cl)nc32)C(OC(C)=O)[C@H]1OC(C)=O. The van der Waals surface area contributed by atoms with Gasteiger partial charge in [-0.2, -0.15) is 9.97 Å². The standard InChI is InChI=1S/C27H26ClN5O8/c1-13(34)38-9-18-20(39-14(2)35)21(40-15(3)36)25(41-18)33-12-29-19-23(30-26(28)31-24(19)33)32-10-27(11-32)8-16-6-4-5-7-17(16)22(27)37/h4-7,12,18,20-21,25H,8-11H2,1-3H3/t18-,20+,21?,25-/m1/s1. The molecule has 214 valence electrons. The molecule has 4 heterocycles. The summed E-state index contributed by atoms with van der Waals surface area (Å²) in [5.74, 6) is -1.27. The van der Waals surface area contributed by atoms with Gasteiger partial charge >= 0.3 is 17.9 Å². The Bertz CT molecular complexity index is 1580. The largest absolute Gasteiger partial charge is 0.463 e. The second kappa shape index (κ2) is 10.1. The minimum Gasteiger partial charge on any atom is -0.463 e. The maximum atomic E-state index is 13.2. The van der Waals surface area contributed by atoms with Crippen molar-refractivity contribution in [2.24, 2.45) is 5.41 Å². The number of anilines is 1. The van der Waals surface area contributed by atoms with Crippen molar-refractivity contribution >= 4 is 52.3 Å². The molecular weight excluding hydrogens is 558 g/mol. The van der Waals surface area contributed by atoms with E-state index in [1.54, 1.807) is 0 Å². The minimum atomic E-state index is -1.12. The number of carbonyl (C=O) groups excluding carboxylic acids is 4. The van der Waals surface area contributed by atoms with Crippen molar-refractivity contribution in [3.8, 4) is 0 Å². The Labute approximate surface area is 238 Å².